The van der Waals surface area contributed by atoms with E-state index in [1.807, 2.05) is 23.6 Å². The number of esters is 1. The number of hydrogen-bond donors (Lipinski definition) is 0. The van der Waals surface area contributed by atoms with Crippen LogP contribution in [0.5, 0.6) is 0 Å². The molecule has 1 aromatic carbocycles. The second-order valence-electron chi connectivity index (χ2n) is 5.41. The summed E-state index contributed by atoms with van der Waals surface area (Å²) in [5, 5.41) is 1.19. The molecule has 0 amide bonds. The molecule has 3 rings (SSSR count). The van der Waals surface area contributed by atoms with E-state index in [2.05, 4.69) is 29.1 Å². The van der Waals surface area contributed by atoms with E-state index in [0.29, 0.717) is 6.61 Å². The molecule has 1 aromatic heterocycles. The molecule has 0 unspecified atom stereocenters. The number of hydrogen-bond acceptors (Lipinski definition) is 2. The van der Waals surface area contributed by atoms with Crippen LogP contribution in [0.2, 0.25) is 0 Å². The Kier molecular flexibility index (Phi) is 4.04. The second-order valence-corrected chi connectivity index (χ2v) is 5.41. The predicted molar refractivity (Wildman–Crippen MR) is 83.0 cm³/mol. The zero-order valence-corrected chi connectivity index (χ0v) is 12.4. The fraction of sp³-hybridized carbons (Fsp3) is 0.412. The van der Waals surface area contributed by atoms with E-state index in [1.54, 1.807) is 0 Å². The highest BCUT2D eigenvalue weighted by Crippen LogP contribution is 2.20. The monoisotopic (exact) mass is 285 g/mol. The maximum atomic E-state index is 11.7. The molecule has 21 heavy (non-hydrogen) atoms. The summed E-state index contributed by atoms with van der Waals surface area (Å²) in [6, 6.07) is 8.21. The average Bonchev–Trinajstić information content (AvgIpc) is 3.09. The molecule has 4 nitrogen and oxygen atoms in total. The quantitative estimate of drug-likeness (QED) is 0.638. The van der Waals surface area contributed by atoms with Crippen LogP contribution in [0.25, 0.3) is 10.9 Å². The summed E-state index contributed by atoms with van der Waals surface area (Å²) < 4.78 is 9.40. The van der Waals surface area contributed by atoms with Crippen LogP contribution < -0.4 is 0 Å². The van der Waals surface area contributed by atoms with E-state index in [9.17, 15) is 4.79 Å². The lowest BCUT2D eigenvalue weighted by Gasteiger charge is -2.04. The van der Waals surface area contributed by atoms with Crippen molar-refractivity contribution in [2.45, 2.75) is 26.3 Å². The van der Waals surface area contributed by atoms with Crippen LogP contribution in [-0.2, 0) is 16.1 Å². The van der Waals surface area contributed by atoms with Gasteiger partial charge in [-0.25, -0.2) is 4.58 Å². The lowest BCUT2D eigenvalue weighted by molar-refractivity contribution is -0.500. The van der Waals surface area contributed by atoms with Crippen LogP contribution in [0.4, 0.5) is 0 Å². The Morgan fingerprint density at radius 3 is 2.86 bits per heavy atom. The number of carbonyl (C=O) groups is 1. The maximum Gasteiger partial charge on any atom is 0.325 e. The first-order chi connectivity index (χ1) is 10.3. The lowest BCUT2D eigenvalue weighted by Crippen LogP contribution is -2.12. The Labute approximate surface area is 124 Å². The molecule has 1 saturated heterocycles. The van der Waals surface area contributed by atoms with Gasteiger partial charge < -0.3 is 9.30 Å². The summed E-state index contributed by atoms with van der Waals surface area (Å²) in [6.45, 7) is 4.76. The van der Waals surface area contributed by atoms with E-state index in [0.717, 1.165) is 18.6 Å². The van der Waals surface area contributed by atoms with Gasteiger partial charge in [0.1, 0.15) is 19.6 Å². The van der Waals surface area contributed by atoms with Gasteiger partial charge in [-0.15, -0.1) is 0 Å². The van der Waals surface area contributed by atoms with Crippen LogP contribution in [0.3, 0.4) is 0 Å². The number of fused-ring (bicyclic) bond motifs is 1. The number of ether oxygens (including phenoxy) is 1. The van der Waals surface area contributed by atoms with Crippen molar-refractivity contribution in [1.82, 2.24) is 4.57 Å². The van der Waals surface area contributed by atoms with Crippen LogP contribution >= 0.6 is 0 Å². The zero-order valence-electron chi connectivity index (χ0n) is 12.4. The third kappa shape index (κ3) is 2.99. The van der Waals surface area contributed by atoms with Crippen molar-refractivity contribution in [2.75, 3.05) is 19.7 Å². The highest BCUT2D eigenvalue weighted by molar-refractivity contribution is 5.98. The molecule has 1 aliphatic heterocycles. The van der Waals surface area contributed by atoms with Gasteiger partial charge in [-0.2, -0.15) is 0 Å². The van der Waals surface area contributed by atoms with Gasteiger partial charge in [0, 0.05) is 29.9 Å². The summed E-state index contributed by atoms with van der Waals surface area (Å²) in [4.78, 5) is 11.7. The molecule has 2 aromatic rings. The SMILES string of the molecule is CCOC(=O)Cn1cc(C=[N+]2CCCC2)c2ccccc21. The Morgan fingerprint density at radius 1 is 1.33 bits per heavy atom. The van der Waals surface area contributed by atoms with E-state index >= 15 is 0 Å². The molecule has 0 atom stereocenters. The highest BCUT2D eigenvalue weighted by atomic mass is 16.5. The topological polar surface area (TPSA) is 34.2 Å². The van der Waals surface area contributed by atoms with Crippen molar-refractivity contribution < 1.29 is 14.1 Å². The highest BCUT2D eigenvalue weighted by Gasteiger charge is 2.16. The van der Waals surface area contributed by atoms with E-state index in [-0.39, 0.29) is 12.5 Å². The Balaban J connectivity index is 1.97. The smallest absolute Gasteiger partial charge is 0.325 e. The Bertz CT molecular complexity index is 677. The van der Waals surface area contributed by atoms with E-state index in [1.165, 1.54) is 23.8 Å². The molecule has 110 valence electrons. The Morgan fingerprint density at radius 2 is 2.10 bits per heavy atom. The molecule has 0 radical (unpaired) electrons. The van der Waals surface area contributed by atoms with Crippen molar-refractivity contribution in [3.8, 4) is 0 Å². The largest absolute Gasteiger partial charge is 0.465 e. The molecule has 0 aliphatic carbocycles. The summed E-state index contributed by atoms with van der Waals surface area (Å²) in [5.41, 5.74) is 2.26. The minimum Gasteiger partial charge on any atom is -0.465 e. The van der Waals surface area contributed by atoms with Gasteiger partial charge in [0.05, 0.1) is 12.2 Å². The number of carbonyl (C=O) groups excluding carboxylic acids is 1. The average molecular weight is 285 g/mol. The second kappa shape index (κ2) is 6.12. The van der Waals surface area contributed by atoms with Crippen LogP contribution in [0, 0.1) is 0 Å². The van der Waals surface area contributed by atoms with Gasteiger partial charge >= 0.3 is 5.97 Å². The molecular weight excluding hydrogens is 264 g/mol. The molecule has 0 spiro atoms. The maximum absolute atomic E-state index is 11.7. The van der Waals surface area contributed by atoms with Crippen molar-refractivity contribution in [1.29, 1.82) is 0 Å². The number of para-hydroxylation sites is 1. The van der Waals surface area contributed by atoms with Crippen LogP contribution in [0.15, 0.2) is 30.5 Å². The zero-order chi connectivity index (χ0) is 14.7. The molecule has 4 heteroatoms. The standard InChI is InChI=1S/C17H21N2O2/c1-2-21-17(20)13-19-12-14(11-18-9-5-6-10-18)15-7-3-4-8-16(15)19/h3-4,7-8,11-12H,2,5-6,9-10,13H2,1H3/q+1. The summed E-state index contributed by atoms with van der Waals surface area (Å²) >= 11 is 0. The van der Waals surface area contributed by atoms with E-state index in [4.69, 9.17) is 4.74 Å². The van der Waals surface area contributed by atoms with Crippen molar-refractivity contribution in [2.24, 2.45) is 0 Å². The Hall–Kier alpha value is -2.10. The third-order valence-electron chi connectivity index (χ3n) is 3.89. The van der Waals surface area contributed by atoms with Gasteiger partial charge in [-0.05, 0) is 13.0 Å². The number of rotatable bonds is 4. The fourth-order valence-electron chi connectivity index (χ4n) is 2.92. The van der Waals surface area contributed by atoms with Crippen LogP contribution in [0.1, 0.15) is 25.3 Å². The van der Waals surface area contributed by atoms with Crippen molar-refractivity contribution in [3.05, 3.63) is 36.0 Å². The fourth-order valence-corrected chi connectivity index (χ4v) is 2.92. The number of benzene rings is 1. The molecule has 1 fully saturated rings. The molecular formula is C17H21N2O2+. The minimum absolute atomic E-state index is 0.189. The third-order valence-corrected chi connectivity index (χ3v) is 3.89. The first kappa shape index (κ1) is 13.9. The first-order valence-electron chi connectivity index (χ1n) is 7.60. The van der Waals surface area contributed by atoms with Gasteiger partial charge in [0.25, 0.3) is 0 Å². The normalized spacial score (nSPS) is 14.6. The molecule has 0 N–H and O–H groups in total. The molecule has 2 heterocycles. The minimum atomic E-state index is -0.189. The number of aromatic nitrogens is 1. The van der Waals surface area contributed by atoms with Crippen LogP contribution in [-0.4, -0.2) is 41.0 Å². The summed E-state index contributed by atoms with van der Waals surface area (Å²) in [7, 11) is 0. The molecule has 1 aliphatic rings. The predicted octanol–water partition coefficient (Wildman–Crippen LogP) is 2.43. The van der Waals surface area contributed by atoms with Gasteiger partial charge in [0.15, 0.2) is 6.21 Å². The summed E-state index contributed by atoms with van der Waals surface area (Å²) in [6.07, 6.45) is 6.80. The van der Waals surface area contributed by atoms with Crippen molar-refractivity contribution in [3.63, 3.8) is 0 Å². The lowest BCUT2D eigenvalue weighted by atomic mass is 10.2. The molecule has 0 bridgehead atoms. The summed E-state index contributed by atoms with van der Waals surface area (Å²) in [5.74, 6) is -0.189. The van der Waals surface area contributed by atoms with Gasteiger partial charge in [-0.1, -0.05) is 18.2 Å². The van der Waals surface area contributed by atoms with Crippen molar-refractivity contribution >= 4 is 23.1 Å². The number of nitrogens with zero attached hydrogens (tertiary/aromatic N) is 2. The molecule has 0 saturated carbocycles. The van der Waals surface area contributed by atoms with Gasteiger partial charge in [-0.3, -0.25) is 4.79 Å². The van der Waals surface area contributed by atoms with E-state index < -0.39 is 0 Å². The first-order valence-corrected chi connectivity index (χ1v) is 7.60. The van der Waals surface area contributed by atoms with Gasteiger partial charge in [0.2, 0.25) is 0 Å².